The van der Waals surface area contributed by atoms with Gasteiger partial charge in [-0.3, -0.25) is 9.69 Å². The van der Waals surface area contributed by atoms with Crippen molar-refractivity contribution in [1.29, 1.82) is 0 Å². The molecule has 0 bridgehead atoms. The number of methoxy groups -OCH3 is 2. The highest BCUT2D eigenvalue weighted by Gasteiger charge is 2.09. The molecule has 24 heavy (non-hydrogen) atoms. The fourth-order valence-electron chi connectivity index (χ4n) is 2.19. The summed E-state index contributed by atoms with van der Waals surface area (Å²) in [5.41, 5.74) is 2.00. The first-order valence-electron chi connectivity index (χ1n) is 7.18. The molecule has 4 heteroatoms. The number of hydrogen-bond donors (Lipinski definition) is 0. The van der Waals surface area contributed by atoms with E-state index in [0.717, 1.165) is 11.1 Å². The molecule has 0 atom stereocenters. The number of benzene rings is 2. The van der Waals surface area contributed by atoms with Gasteiger partial charge in [0.25, 0.3) is 0 Å². The molecule has 0 fully saturated rings. The van der Waals surface area contributed by atoms with Crippen LogP contribution in [-0.2, 0) is 0 Å². The number of nitrogens with zero attached hydrogens (tertiary/aromatic N) is 2. The number of rotatable bonds is 5. The first kappa shape index (κ1) is 16.9. The lowest BCUT2D eigenvalue weighted by atomic mass is 10.1. The lowest BCUT2D eigenvalue weighted by molar-refractivity contribution is 0.413. The molecule has 4 nitrogen and oxygen atoms in total. The molecule has 0 radical (unpaired) electrons. The quantitative estimate of drug-likeness (QED) is 0.578. The van der Waals surface area contributed by atoms with Gasteiger partial charge in [0.1, 0.15) is 11.5 Å². The fraction of sp³-hybridized carbons (Fsp3) is 0.100. The zero-order valence-electron chi connectivity index (χ0n) is 13.5. The average Bonchev–Trinajstić information content (AvgIpc) is 2.65. The maximum Gasteiger partial charge on any atom is 0.195 e. The van der Waals surface area contributed by atoms with E-state index in [0.29, 0.717) is 11.5 Å². The topological polar surface area (TPSA) is 27.2 Å². The Hall–Kier alpha value is -3.50. The summed E-state index contributed by atoms with van der Waals surface area (Å²) < 4.78 is 10.6. The van der Waals surface area contributed by atoms with Gasteiger partial charge in [-0.15, -0.1) is 0 Å². The van der Waals surface area contributed by atoms with Crippen molar-refractivity contribution in [2.75, 3.05) is 14.2 Å². The maximum absolute atomic E-state index is 7.44. The smallest absolute Gasteiger partial charge is 0.195 e. The molecule has 0 aliphatic rings. The molecule has 0 aliphatic heterocycles. The van der Waals surface area contributed by atoms with Crippen LogP contribution in [0.1, 0.15) is 11.1 Å². The average molecular weight is 316 g/mol. The van der Waals surface area contributed by atoms with Gasteiger partial charge in [0.05, 0.1) is 27.4 Å². The third-order valence-electron chi connectivity index (χ3n) is 3.37. The summed E-state index contributed by atoms with van der Waals surface area (Å²) >= 11 is 0. The molecule has 0 saturated carbocycles. The molecule has 0 saturated heterocycles. The van der Waals surface area contributed by atoms with Gasteiger partial charge in [0.15, 0.2) is 11.4 Å². The van der Waals surface area contributed by atoms with Gasteiger partial charge in [0.2, 0.25) is 0 Å². The zero-order valence-corrected chi connectivity index (χ0v) is 13.5. The minimum absolute atomic E-state index is 0.250. The molecule has 118 valence electrons. The van der Waals surface area contributed by atoms with Crippen LogP contribution in [-0.4, -0.2) is 14.2 Å². The van der Waals surface area contributed by atoms with E-state index in [1.54, 1.807) is 26.4 Å². The van der Waals surface area contributed by atoms with Crippen molar-refractivity contribution in [3.63, 3.8) is 0 Å². The summed E-state index contributed by atoms with van der Waals surface area (Å²) in [5.74, 6) is 1.31. The lowest BCUT2D eigenvalue weighted by Crippen LogP contribution is -1.89. The van der Waals surface area contributed by atoms with E-state index in [4.69, 9.17) is 22.6 Å². The van der Waals surface area contributed by atoms with Crippen molar-refractivity contribution >= 4 is 12.2 Å². The van der Waals surface area contributed by atoms with E-state index in [1.807, 2.05) is 48.5 Å². The minimum atomic E-state index is 0.250. The highest BCUT2D eigenvalue weighted by molar-refractivity contribution is 5.73. The Morgan fingerprint density at radius 1 is 0.750 bits per heavy atom. The monoisotopic (exact) mass is 316 g/mol. The third-order valence-corrected chi connectivity index (χ3v) is 3.37. The van der Waals surface area contributed by atoms with Crippen LogP contribution in [0.25, 0.3) is 21.8 Å². The largest absolute Gasteiger partial charge is 0.496 e. The van der Waals surface area contributed by atoms with E-state index in [9.17, 15) is 0 Å². The second-order valence-corrected chi connectivity index (χ2v) is 4.77. The van der Waals surface area contributed by atoms with Crippen molar-refractivity contribution in [2.24, 2.45) is 0 Å². The lowest BCUT2D eigenvalue weighted by Gasteiger charge is -2.06. The molecule has 0 amide bonds. The van der Waals surface area contributed by atoms with Crippen LogP contribution in [0.4, 0.5) is 0 Å². The Morgan fingerprint density at radius 3 is 1.46 bits per heavy atom. The van der Waals surface area contributed by atoms with Crippen LogP contribution in [0.5, 0.6) is 11.5 Å². The maximum atomic E-state index is 7.44. The predicted molar refractivity (Wildman–Crippen MR) is 95.1 cm³/mol. The second-order valence-electron chi connectivity index (χ2n) is 4.77. The van der Waals surface area contributed by atoms with Crippen LogP contribution in [0.15, 0.2) is 59.9 Å². The summed E-state index contributed by atoms with van der Waals surface area (Å²) in [6.07, 6.45) is 3.32. The summed E-state index contributed by atoms with van der Waals surface area (Å²) in [6.45, 7) is 14.9. The first-order valence-corrected chi connectivity index (χ1v) is 7.18. The Labute approximate surface area is 141 Å². The normalized spacial score (nSPS) is 11.3. The molecule has 0 spiro atoms. The van der Waals surface area contributed by atoms with Gasteiger partial charge in [0, 0.05) is 11.1 Å². The van der Waals surface area contributed by atoms with Crippen molar-refractivity contribution in [2.45, 2.75) is 0 Å². The summed E-state index contributed by atoms with van der Waals surface area (Å²) in [7, 11) is 3.15. The first-order chi connectivity index (χ1) is 11.7. The van der Waals surface area contributed by atoms with E-state index in [-0.39, 0.29) is 11.4 Å². The highest BCUT2D eigenvalue weighted by atomic mass is 16.5. The summed E-state index contributed by atoms with van der Waals surface area (Å²) in [5, 5.41) is 0. The van der Waals surface area contributed by atoms with E-state index in [2.05, 4.69) is 9.69 Å². The van der Waals surface area contributed by atoms with Crippen molar-refractivity contribution in [3.8, 4) is 11.5 Å². The molecule has 0 heterocycles. The number of para-hydroxylation sites is 2. The van der Waals surface area contributed by atoms with Gasteiger partial charge in [-0.05, 0) is 12.1 Å². The number of ether oxygens (including phenoxy) is 2. The van der Waals surface area contributed by atoms with Gasteiger partial charge < -0.3 is 9.47 Å². The SMILES string of the molecule is [C-]#[N+]C(=Cc1ccccc1OC)C(=Cc1ccccc1OC)[N+]#[C-]. The summed E-state index contributed by atoms with van der Waals surface area (Å²) in [6, 6.07) is 14.7. The van der Waals surface area contributed by atoms with E-state index < -0.39 is 0 Å². The highest BCUT2D eigenvalue weighted by Crippen LogP contribution is 2.27. The van der Waals surface area contributed by atoms with Gasteiger partial charge >= 0.3 is 0 Å². The van der Waals surface area contributed by atoms with Crippen LogP contribution >= 0.6 is 0 Å². The van der Waals surface area contributed by atoms with Crippen LogP contribution in [0.3, 0.4) is 0 Å². The van der Waals surface area contributed by atoms with Crippen LogP contribution in [0.2, 0.25) is 0 Å². The van der Waals surface area contributed by atoms with E-state index in [1.165, 1.54) is 0 Å². The molecular formula is C20H16N2O2. The Balaban J connectivity index is 2.52. The van der Waals surface area contributed by atoms with Gasteiger partial charge in [-0.25, -0.2) is 0 Å². The second kappa shape index (κ2) is 8.22. The third kappa shape index (κ3) is 3.82. The molecule has 0 aliphatic carbocycles. The number of hydrogen-bond acceptors (Lipinski definition) is 2. The zero-order chi connectivity index (χ0) is 17.4. The molecule has 0 N–H and O–H groups in total. The van der Waals surface area contributed by atoms with Crippen LogP contribution in [0, 0.1) is 13.1 Å². The standard InChI is InChI=1S/C20H16N2O2/c1-21-17(13-15-9-5-7-11-19(15)23-3)18(22-2)14-16-10-6-8-12-20(16)24-4/h5-14H,3-4H3. The fourth-order valence-corrected chi connectivity index (χ4v) is 2.19. The molecule has 2 aromatic rings. The Bertz CT molecular complexity index is 794. The van der Waals surface area contributed by atoms with Crippen molar-refractivity contribution < 1.29 is 9.47 Å². The summed E-state index contributed by atoms with van der Waals surface area (Å²) in [4.78, 5) is 7.03. The Morgan fingerprint density at radius 2 is 1.12 bits per heavy atom. The van der Waals surface area contributed by atoms with E-state index >= 15 is 0 Å². The molecule has 2 rings (SSSR count). The molecule has 2 aromatic carbocycles. The molecule has 0 unspecified atom stereocenters. The predicted octanol–water partition coefficient (Wildman–Crippen LogP) is 4.92. The van der Waals surface area contributed by atoms with Crippen molar-refractivity contribution in [3.05, 3.63) is 93.9 Å². The molecular weight excluding hydrogens is 300 g/mol. The van der Waals surface area contributed by atoms with Gasteiger partial charge in [-0.2, -0.15) is 0 Å². The molecule has 0 aromatic heterocycles. The van der Waals surface area contributed by atoms with Crippen LogP contribution < -0.4 is 9.47 Å². The Kier molecular flexibility index (Phi) is 5.77. The van der Waals surface area contributed by atoms with Crippen molar-refractivity contribution in [1.82, 2.24) is 0 Å². The minimum Gasteiger partial charge on any atom is -0.496 e. The van der Waals surface area contributed by atoms with Gasteiger partial charge in [-0.1, -0.05) is 48.6 Å².